The number of fused-ring (bicyclic) bond motifs is 1. The molecule has 1 amide bonds. The van der Waals surface area contributed by atoms with E-state index in [9.17, 15) is 13.2 Å². The van der Waals surface area contributed by atoms with Crippen molar-refractivity contribution in [2.45, 2.75) is 26.3 Å². The molecular formula is C29H34N4O3S. The number of carbonyl (C=O) groups excluding carboxylic acids is 1. The number of carbonyl (C=O) groups is 1. The van der Waals surface area contributed by atoms with Gasteiger partial charge in [-0.25, -0.2) is 0 Å². The highest BCUT2D eigenvalue weighted by Crippen LogP contribution is 2.34. The molecule has 7 nitrogen and oxygen atoms in total. The fourth-order valence-corrected chi connectivity index (χ4v) is 6.64. The molecule has 0 aromatic heterocycles. The predicted molar refractivity (Wildman–Crippen MR) is 149 cm³/mol. The number of piperazine rings is 1. The number of anilines is 2. The summed E-state index contributed by atoms with van der Waals surface area (Å²) in [5.41, 5.74) is 6.11. The zero-order valence-electron chi connectivity index (χ0n) is 21.5. The molecule has 0 unspecified atom stereocenters. The Bertz CT molecular complexity index is 1350. The maximum atomic E-state index is 13.6. The maximum Gasteiger partial charge on any atom is 0.304 e. The van der Waals surface area contributed by atoms with E-state index in [2.05, 4.69) is 23.1 Å². The molecule has 2 aliphatic rings. The smallest absolute Gasteiger partial charge is 0.304 e. The molecule has 8 heteroatoms. The molecule has 1 fully saturated rings. The van der Waals surface area contributed by atoms with Crippen molar-refractivity contribution >= 4 is 27.5 Å². The molecule has 2 aliphatic heterocycles. The van der Waals surface area contributed by atoms with Gasteiger partial charge in [0.2, 0.25) is 5.91 Å². The predicted octanol–water partition coefficient (Wildman–Crippen LogP) is 4.15. The van der Waals surface area contributed by atoms with Crippen LogP contribution in [0.4, 0.5) is 11.4 Å². The van der Waals surface area contributed by atoms with Crippen molar-refractivity contribution < 1.29 is 13.2 Å². The molecule has 0 atom stereocenters. The van der Waals surface area contributed by atoms with Crippen LogP contribution in [0.15, 0.2) is 72.8 Å². The molecule has 0 aliphatic carbocycles. The molecule has 2 heterocycles. The van der Waals surface area contributed by atoms with Crippen LogP contribution in [0, 0.1) is 0 Å². The lowest BCUT2D eigenvalue weighted by Gasteiger charge is -2.37. The highest BCUT2D eigenvalue weighted by molar-refractivity contribution is 7.90. The Morgan fingerprint density at radius 3 is 2.22 bits per heavy atom. The molecule has 0 saturated carbocycles. The molecule has 3 aromatic rings. The molecule has 0 bridgehead atoms. The number of aryl methyl sites for hydroxylation is 1. The largest absolute Gasteiger partial charge is 0.368 e. The minimum Gasteiger partial charge on any atom is -0.368 e. The highest BCUT2D eigenvalue weighted by atomic mass is 32.2. The second-order valence-electron chi connectivity index (χ2n) is 9.81. The van der Waals surface area contributed by atoms with Gasteiger partial charge >= 0.3 is 10.2 Å². The van der Waals surface area contributed by atoms with E-state index in [1.54, 1.807) is 18.3 Å². The van der Waals surface area contributed by atoms with Gasteiger partial charge in [-0.1, -0.05) is 54.6 Å². The van der Waals surface area contributed by atoms with E-state index in [4.69, 9.17) is 0 Å². The second-order valence-corrected chi connectivity index (χ2v) is 11.8. The van der Waals surface area contributed by atoms with Gasteiger partial charge in [-0.2, -0.15) is 12.7 Å². The average molecular weight is 519 g/mol. The third kappa shape index (κ3) is 5.36. The van der Waals surface area contributed by atoms with Crippen LogP contribution >= 0.6 is 0 Å². The fraction of sp³-hybridized carbons (Fsp3) is 0.345. The van der Waals surface area contributed by atoms with Crippen LogP contribution in [0.5, 0.6) is 0 Å². The van der Waals surface area contributed by atoms with Gasteiger partial charge in [0.1, 0.15) is 0 Å². The molecule has 194 valence electrons. The number of hydrogen-bond acceptors (Lipinski definition) is 4. The monoisotopic (exact) mass is 518 g/mol. The van der Waals surface area contributed by atoms with E-state index in [1.807, 2.05) is 59.5 Å². The lowest BCUT2D eigenvalue weighted by Crippen LogP contribution is -2.48. The van der Waals surface area contributed by atoms with E-state index in [-0.39, 0.29) is 5.91 Å². The Balaban J connectivity index is 1.29. The minimum atomic E-state index is -3.68. The first kappa shape index (κ1) is 25.3. The van der Waals surface area contributed by atoms with Crippen molar-refractivity contribution in [1.29, 1.82) is 0 Å². The van der Waals surface area contributed by atoms with Gasteiger partial charge in [0.15, 0.2) is 0 Å². The van der Waals surface area contributed by atoms with Crippen LogP contribution in [0.3, 0.4) is 0 Å². The SMILES string of the molecule is CC(=O)N1CCN(c2ccc3c(c2)CCCN3S(=O)(=O)N(C)Cc2ccc(-c3ccccc3)cc2)CC1. The van der Waals surface area contributed by atoms with E-state index >= 15 is 0 Å². The summed E-state index contributed by atoms with van der Waals surface area (Å²) in [6.45, 7) is 5.39. The second kappa shape index (κ2) is 10.6. The normalized spacial score (nSPS) is 16.1. The Morgan fingerprint density at radius 2 is 1.54 bits per heavy atom. The molecule has 5 rings (SSSR count). The topological polar surface area (TPSA) is 64.2 Å². The summed E-state index contributed by atoms with van der Waals surface area (Å²) in [5, 5.41) is 0. The minimum absolute atomic E-state index is 0.113. The van der Waals surface area contributed by atoms with Crippen molar-refractivity contribution in [2.75, 3.05) is 49.0 Å². The Hall–Kier alpha value is -3.36. The summed E-state index contributed by atoms with van der Waals surface area (Å²) >= 11 is 0. The van der Waals surface area contributed by atoms with Gasteiger partial charge in [0.25, 0.3) is 0 Å². The van der Waals surface area contributed by atoms with Gasteiger partial charge in [-0.3, -0.25) is 9.10 Å². The van der Waals surface area contributed by atoms with Crippen molar-refractivity contribution in [1.82, 2.24) is 9.21 Å². The van der Waals surface area contributed by atoms with Crippen molar-refractivity contribution in [2.24, 2.45) is 0 Å². The first-order valence-electron chi connectivity index (χ1n) is 12.8. The van der Waals surface area contributed by atoms with E-state index in [0.717, 1.165) is 59.6 Å². The molecule has 37 heavy (non-hydrogen) atoms. The van der Waals surface area contributed by atoms with Crippen LogP contribution in [-0.4, -0.2) is 63.3 Å². The molecule has 0 N–H and O–H groups in total. The summed E-state index contributed by atoms with van der Waals surface area (Å²) in [4.78, 5) is 15.8. The van der Waals surface area contributed by atoms with Crippen molar-refractivity contribution in [3.8, 4) is 11.1 Å². The number of hydrogen-bond donors (Lipinski definition) is 0. The highest BCUT2D eigenvalue weighted by Gasteiger charge is 2.31. The first-order chi connectivity index (χ1) is 17.8. The van der Waals surface area contributed by atoms with Crippen LogP contribution in [-0.2, 0) is 28.0 Å². The summed E-state index contributed by atoms with van der Waals surface area (Å²) in [6, 6.07) is 24.3. The number of nitrogens with zero attached hydrogens (tertiary/aromatic N) is 4. The van der Waals surface area contributed by atoms with Gasteiger partial charge < -0.3 is 9.80 Å². The third-order valence-corrected chi connectivity index (χ3v) is 9.22. The molecule has 0 spiro atoms. The zero-order chi connectivity index (χ0) is 26.0. The van der Waals surface area contributed by atoms with Crippen molar-refractivity contribution in [3.63, 3.8) is 0 Å². The van der Waals surface area contributed by atoms with Gasteiger partial charge in [0.05, 0.1) is 5.69 Å². The third-order valence-electron chi connectivity index (χ3n) is 7.37. The van der Waals surface area contributed by atoms with Crippen molar-refractivity contribution in [3.05, 3.63) is 83.9 Å². The summed E-state index contributed by atoms with van der Waals surface area (Å²) in [6.07, 6.45) is 1.64. The quantitative estimate of drug-likeness (QED) is 0.492. The lowest BCUT2D eigenvalue weighted by atomic mass is 10.0. The number of benzene rings is 3. The Labute approximate surface area is 220 Å². The zero-order valence-corrected chi connectivity index (χ0v) is 22.3. The molecule has 1 saturated heterocycles. The molecule has 3 aromatic carbocycles. The van der Waals surface area contributed by atoms with Crippen LogP contribution in [0.2, 0.25) is 0 Å². The summed E-state index contributed by atoms with van der Waals surface area (Å²) in [5.74, 6) is 0.113. The van der Waals surface area contributed by atoms with Crippen LogP contribution < -0.4 is 9.21 Å². The van der Waals surface area contributed by atoms with Crippen LogP contribution in [0.1, 0.15) is 24.5 Å². The Morgan fingerprint density at radius 1 is 0.865 bits per heavy atom. The van der Waals surface area contributed by atoms with Crippen LogP contribution in [0.25, 0.3) is 11.1 Å². The average Bonchev–Trinajstić information content (AvgIpc) is 2.93. The Kier molecular flexibility index (Phi) is 7.22. The van der Waals surface area contributed by atoms with E-state index in [1.165, 1.54) is 4.31 Å². The van der Waals surface area contributed by atoms with E-state index in [0.29, 0.717) is 26.2 Å². The van der Waals surface area contributed by atoms with Gasteiger partial charge in [0, 0.05) is 58.9 Å². The number of amides is 1. The summed E-state index contributed by atoms with van der Waals surface area (Å²) in [7, 11) is -2.03. The van der Waals surface area contributed by atoms with E-state index < -0.39 is 10.2 Å². The molecule has 0 radical (unpaired) electrons. The standard InChI is InChI=1S/C29H34N4O3S/c1-23(34)31-17-19-32(20-18-31)28-14-15-29-27(21-28)9-6-16-33(29)37(35,36)30(2)22-24-10-12-26(13-11-24)25-7-4-3-5-8-25/h3-5,7-8,10-15,21H,6,9,16-20,22H2,1-2H3. The van der Waals surface area contributed by atoms with Gasteiger partial charge in [-0.05, 0) is 53.3 Å². The lowest BCUT2D eigenvalue weighted by molar-refractivity contribution is -0.129. The van der Waals surface area contributed by atoms with Gasteiger partial charge in [-0.15, -0.1) is 0 Å². The maximum absolute atomic E-state index is 13.6. The summed E-state index contributed by atoms with van der Waals surface area (Å²) < 4.78 is 30.3. The number of rotatable bonds is 6. The fourth-order valence-electron chi connectivity index (χ4n) is 5.21. The first-order valence-corrected chi connectivity index (χ1v) is 14.2. The molecular weight excluding hydrogens is 484 g/mol.